The number of methoxy groups -OCH3 is 1. The number of likely N-dealkylation sites (N-methyl/N-ethyl adjacent to an activating group) is 1. The highest BCUT2D eigenvalue weighted by molar-refractivity contribution is 4.64. The average Bonchev–Trinajstić information content (AvgIpc) is 2.17. The van der Waals surface area contributed by atoms with Gasteiger partial charge in [-0.3, -0.25) is 0 Å². The van der Waals surface area contributed by atoms with Crippen molar-refractivity contribution < 1.29 is 4.74 Å². The lowest BCUT2D eigenvalue weighted by atomic mass is 10.1. The summed E-state index contributed by atoms with van der Waals surface area (Å²) < 4.78 is 5.11. The fourth-order valence-corrected chi connectivity index (χ4v) is 1.40. The summed E-state index contributed by atoms with van der Waals surface area (Å²) in [4.78, 5) is 2.33. The molecule has 0 bridgehead atoms. The van der Waals surface area contributed by atoms with Gasteiger partial charge in [0.2, 0.25) is 0 Å². The van der Waals surface area contributed by atoms with Gasteiger partial charge in [0.05, 0.1) is 6.61 Å². The van der Waals surface area contributed by atoms with Gasteiger partial charge in [-0.1, -0.05) is 6.92 Å². The van der Waals surface area contributed by atoms with Crippen LogP contribution in [0.2, 0.25) is 0 Å². The summed E-state index contributed by atoms with van der Waals surface area (Å²) in [6, 6.07) is 0.874. The van der Waals surface area contributed by atoms with E-state index in [4.69, 9.17) is 10.5 Å². The van der Waals surface area contributed by atoms with Crippen LogP contribution in [0.4, 0.5) is 0 Å². The summed E-state index contributed by atoms with van der Waals surface area (Å²) in [6.45, 7) is 6.24. The molecule has 86 valence electrons. The molecule has 0 spiro atoms. The Morgan fingerprint density at radius 1 is 1.43 bits per heavy atom. The van der Waals surface area contributed by atoms with Gasteiger partial charge in [0, 0.05) is 19.2 Å². The van der Waals surface area contributed by atoms with Gasteiger partial charge in [0.15, 0.2) is 0 Å². The molecule has 0 heterocycles. The minimum atomic E-state index is 0.376. The monoisotopic (exact) mass is 202 g/mol. The van der Waals surface area contributed by atoms with Gasteiger partial charge in [0.1, 0.15) is 0 Å². The predicted octanol–water partition coefficient (Wildman–Crippen LogP) is 1.47. The minimum Gasteiger partial charge on any atom is -0.383 e. The first-order valence-corrected chi connectivity index (χ1v) is 5.56. The molecular weight excluding hydrogens is 176 g/mol. The van der Waals surface area contributed by atoms with E-state index in [0.29, 0.717) is 12.1 Å². The molecular formula is C11H26N2O. The molecule has 0 rings (SSSR count). The SMILES string of the molecule is CCC(N)CCCN(C)C(C)COC. The predicted molar refractivity (Wildman–Crippen MR) is 61.5 cm³/mol. The minimum absolute atomic E-state index is 0.376. The first-order chi connectivity index (χ1) is 6.61. The number of ether oxygens (including phenoxy) is 1. The summed E-state index contributed by atoms with van der Waals surface area (Å²) in [6.07, 6.45) is 3.39. The fraction of sp³-hybridized carbons (Fsp3) is 1.00. The van der Waals surface area contributed by atoms with E-state index < -0.39 is 0 Å². The van der Waals surface area contributed by atoms with Gasteiger partial charge in [-0.2, -0.15) is 0 Å². The number of hydrogen-bond acceptors (Lipinski definition) is 3. The highest BCUT2D eigenvalue weighted by Gasteiger charge is 2.08. The van der Waals surface area contributed by atoms with Crippen LogP contribution in [0.25, 0.3) is 0 Å². The van der Waals surface area contributed by atoms with E-state index in [2.05, 4.69) is 25.8 Å². The quantitative estimate of drug-likeness (QED) is 0.648. The highest BCUT2D eigenvalue weighted by Crippen LogP contribution is 2.02. The van der Waals surface area contributed by atoms with E-state index in [1.807, 2.05) is 0 Å². The standard InChI is InChI=1S/C11H26N2O/c1-5-11(12)7-6-8-13(3)10(2)9-14-4/h10-11H,5-9,12H2,1-4H3. The number of rotatable bonds is 8. The van der Waals surface area contributed by atoms with Crippen LogP contribution in [0.3, 0.4) is 0 Å². The van der Waals surface area contributed by atoms with Crippen molar-refractivity contribution in [3.05, 3.63) is 0 Å². The molecule has 3 nitrogen and oxygen atoms in total. The molecule has 2 atom stereocenters. The first-order valence-electron chi connectivity index (χ1n) is 5.56. The van der Waals surface area contributed by atoms with Crippen molar-refractivity contribution in [3.63, 3.8) is 0 Å². The Labute approximate surface area is 88.6 Å². The molecule has 0 fully saturated rings. The second kappa shape index (κ2) is 8.21. The molecule has 0 radical (unpaired) electrons. The zero-order valence-electron chi connectivity index (χ0n) is 10.1. The van der Waals surface area contributed by atoms with Crippen LogP contribution in [0.1, 0.15) is 33.1 Å². The van der Waals surface area contributed by atoms with Crippen LogP contribution in [0, 0.1) is 0 Å². The van der Waals surface area contributed by atoms with E-state index in [1.165, 1.54) is 6.42 Å². The number of nitrogens with zero attached hydrogens (tertiary/aromatic N) is 1. The molecule has 0 aliphatic rings. The number of hydrogen-bond donors (Lipinski definition) is 1. The summed E-state index contributed by atoms with van der Waals surface area (Å²) >= 11 is 0. The summed E-state index contributed by atoms with van der Waals surface area (Å²) in [7, 11) is 3.89. The van der Waals surface area contributed by atoms with Crippen molar-refractivity contribution in [1.29, 1.82) is 0 Å². The van der Waals surface area contributed by atoms with E-state index >= 15 is 0 Å². The Morgan fingerprint density at radius 3 is 2.57 bits per heavy atom. The largest absolute Gasteiger partial charge is 0.383 e. The van der Waals surface area contributed by atoms with Gasteiger partial charge in [-0.25, -0.2) is 0 Å². The van der Waals surface area contributed by atoms with Crippen molar-refractivity contribution in [2.24, 2.45) is 5.73 Å². The molecule has 0 saturated carbocycles. The molecule has 3 heteroatoms. The van der Waals surface area contributed by atoms with E-state index in [1.54, 1.807) is 7.11 Å². The van der Waals surface area contributed by atoms with Crippen LogP contribution in [-0.2, 0) is 4.74 Å². The van der Waals surface area contributed by atoms with Gasteiger partial charge in [-0.15, -0.1) is 0 Å². The molecule has 0 aromatic rings. The molecule has 0 amide bonds. The van der Waals surface area contributed by atoms with E-state index in [9.17, 15) is 0 Å². The molecule has 0 aliphatic heterocycles. The van der Waals surface area contributed by atoms with Gasteiger partial charge in [-0.05, 0) is 39.8 Å². The molecule has 2 unspecified atom stereocenters. The van der Waals surface area contributed by atoms with Crippen molar-refractivity contribution in [2.75, 3.05) is 27.3 Å². The third kappa shape index (κ3) is 6.35. The lowest BCUT2D eigenvalue weighted by Gasteiger charge is -2.24. The second-order valence-corrected chi connectivity index (χ2v) is 4.10. The molecule has 0 aromatic carbocycles. The normalized spacial score (nSPS) is 15.9. The summed E-state index contributed by atoms with van der Waals surface area (Å²) in [5.74, 6) is 0. The van der Waals surface area contributed by atoms with Crippen LogP contribution in [0.15, 0.2) is 0 Å². The summed E-state index contributed by atoms with van der Waals surface area (Å²) in [5.41, 5.74) is 5.85. The first kappa shape index (κ1) is 13.9. The van der Waals surface area contributed by atoms with Gasteiger partial charge < -0.3 is 15.4 Å². The average molecular weight is 202 g/mol. The Kier molecular flexibility index (Phi) is 8.14. The maximum absolute atomic E-state index is 5.85. The fourth-order valence-electron chi connectivity index (χ4n) is 1.40. The van der Waals surface area contributed by atoms with Crippen molar-refractivity contribution in [2.45, 2.75) is 45.2 Å². The zero-order chi connectivity index (χ0) is 11.0. The topological polar surface area (TPSA) is 38.5 Å². The Bertz CT molecular complexity index is 130. The third-order valence-electron chi connectivity index (χ3n) is 2.77. The maximum Gasteiger partial charge on any atom is 0.0615 e. The lowest BCUT2D eigenvalue weighted by molar-refractivity contribution is 0.114. The van der Waals surface area contributed by atoms with Crippen LogP contribution >= 0.6 is 0 Å². The van der Waals surface area contributed by atoms with Gasteiger partial charge in [0.25, 0.3) is 0 Å². The number of nitrogens with two attached hydrogens (primary N) is 1. The molecule has 2 N–H and O–H groups in total. The summed E-state index contributed by atoms with van der Waals surface area (Å²) in [5, 5.41) is 0. The van der Waals surface area contributed by atoms with E-state index in [-0.39, 0.29) is 0 Å². The van der Waals surface area contributed by atoms with Crippen molar-refractivity contribution in [3.8, 4) is 0 Å². The highest BCUT2D eigenvalue weighted by atomic mass is 16.5. The van der Waals surface area contributed by atoms with Crippen LogP contribution < -0.4 is 5.73 Å². The molecule has 0 saturated heterocycles. The van der Waals surface area contributed by atoms with Crippen molar-refractivity contribution in [1.82, 2.24) is 4.90 Å². The molecule has 0 aliphatic carbocycles. The smallest absolute Gasteiger partial charge is 0.0615 e. The Morgan fingerprint density at radius 2 is 2.07 bits per heavy atom. The molecule has 0 aromatic heterocycles. The third-order valence-corrected chi connectivity index (χ3v) is 2.77. The van der Waals surface area contributed by atoms with Crippen molar-refractivity contribution >= 4 is 0 Å². The van der Waals surface area contributed by atoms with Gasteiger partial charge >= 0.3 is 0 Å². The molecule has 14 heavy (non-hydrogen) atoms. The van der Waals surface area contributed by atoms with Crippen LogP contribution in [0.5, 0.6) is 0 Å². The lowest BCUT2D eigenvalue weighted by Crippen LogP contribution is -2.34. The maximum atomic E-state index is 5.85. The van der Waals surface area contributed by atoms with Crippen LogP contribution in [-0.4, -0.2) is 44.3 Å². The Hall–Kier alpha value is -0.120. The second-order valence-electron chi connectivity index (χ2n) is 4.10. The Balaban J connectivity index is 3.47. The zero-order valence-corrected chi connectivity index (χ0v) is 10.1. The van der Waals surface area contributed by atoms with E-state index in [0.717, 1.165) is 26.0 Å².